The van der Waals surface area contributed by atoms with Crippen LogP contribution in [-0.4, -0.2) is 48.3 Å². The third-order valence-electron chi connectivity index (χ3n) is 7.76. The number of carbonyl (C=O) groups is 2. The number of carboxylic acid groups (broad SMARTS) is 2. The molecule has 303 valence electrons. The van der Waals surface area contributed by atoms with Crippen molar-refractivity contribution >= 4 is 77.9 Å². The van der Waals surface area contributed by atoms with Crippen LogP contribution in [0.4, 0.5) is 22.7 Å². The second kappa shape index (κ2) is 20.0. The number of hydrogen-bond acceptors (Lipinski definition) is 14. The average Bonchev–Trinajstić information content (AvgIpc) is 3.60. The summed E-state index contributed by atoms with van der Waals surface area (Å²) >= 11 is 11.9. The van der Waals surface area contributed by atoms with Gasteiger partial charge >= 0.3 is 46.9 Å². The van der Waals surface area contributed by atoms with E-state index >= 15 is 0 Å². The Hall–Kier alpha value is -5.03. The maximum absolute atomic E-state index is 12.6. The van der Waals surface area contributed by atoms with Crippen LogP contribution in [0, 0.1) is 13.8 Å². The quantitative estimate of drug-likeness (QED) is 0.106. The molecule has 2 heterocycles. The van der Waals surface area contributed by atoms with Crippen molar-refractivity contribution < 1.29 is 83.6 Å². The van der Waals surface area contributed by atoms with Crippen molar-refractivity contribution in [3.05, 3.63) is 138 Å². The van der Waals surface area contributed by atoms with Gasteiger partial charge < -0.3 is 19.8 Å². The number of primary sulfonamides is 2. The van der Waals surface area contributed by atoms with Crippen molar-refractivity contribution in [2.45, 2.75) is 23.6 Å². The number of rotatable bonds is 10. The molecule has 0 aliphatic heterocycles. The number of benzene rings is 4. The fraction of sp³-hybridized carbons (Fsp3) is 0.0588. The fourth-order valence-electron chi connectivity index (χ4n) is 5.00. The Morgan fingerprint density at radius 2 is 0.967 bits per heavy atom. The second-order valence-corrected chi connectivity index (χ2v) is 15.8. The molecule has 0 atom stereocenters. The number of sulfonamides is 2. The van der Waals surface area contributed by atoms with Gasteiger partial charge in [-0.25, -0.2) is 36.5 Å². The van der Waals surface area contributed by atoms with Gasteiger partial charge in [-0.15, -0.1) is 20.5 Å². The number of aromatic carboxylic acids is 2. The second-order valence-electron chi connectivity index (χ2n) is 11.8. The molecule has 0 aliphatic carbocycles. The average molecular weight is 945 g/mol. The molecule has 0 unspecified atom stereocenters. The molecule has 2 aromatic heterocycles. The molecule has 1 radical (unpaired) electrons. The first-order chi connectivity index (χ1) is 27.1. The first kappa shape index (κ1) is 49.3. The van der Waals surface area contributed by atoms with Crippen LogP contribution < -0.4 is 61.2 Å². The molecule has 6 aromatic rings. The van der Waals surface area contributed by atoms with Gasteiger partial charge in [-0.05, 0) is 86.6 Å². The number of nitrogens with two attached hydrogens (primary N) is 2. The number of aromatic nitrogens is 4. The summed E-state index contributed by atoms with van der Waals surface area (Å²) in [5.41, 5.74) is -1.00. The summed E-state index contributed by atoms with van der Waals surface area (Å²) in [5, 5.41) is 54.4. The van der Waals surface area contributed by atoms with E-state index in [2.05, 4.69) is 30.7 Å². The maximum atomic E-state index is 12.6. The van der Waals surface area contributed by atoms with E-state index in [0.717, 1.165) is 36.4 Å². The van der Waals surface area contributed by atoms with E-state index in [1.54, 1.807) is 62.4 Å². The molecule has 0 amide bonds. The summed E-state index contributed by atoms with van der Waals surface area (Å²) in [7, 11) is -8.24. The molecule has 4 aromatic carbocycles. The van der Waals surface area contributed by atoms with Gasteiger partial charge in [-0.3, -0.25) is 19.8 Å². The van der Waals surface area contributed by atoms with E-state index in [0.29, 0.717) is 32.8 Å². The number of H-pyrrole nitrogens is 2. The van der Waals surface area contributed by atoms with Crippen molar-refractivity contribution in [1.82, 2.24) is 19.6 Å². The van der Waals surface area contributed by atoms with Gasteiger partial charge in [0.25, 0.3) is 11.1 Å². The van der Waals surface area contributed by atoms with Gasteiger partial charge in [0.1, 0.15) is 0 Å². The van der Waals surface area contributed by atoms with E-state index in [4.69, 9.17) is 33.5 Å². The number of nitrogens with zero attached hydrogens (tertiary/aromatic N) is 6. The number of carboxylic acids is 2. The summed E-state index contributed by atoms with van der Waals surface area (Å²) in [6, 6.07) is 19.1. The Kier molecular flexibility index (Phi) is 16.5. The molecule has 0 aliphatic rings. The Labute approximate surface area is 382 Å². The first-order valence-corrected chi connectivity index (χ1v) is 19.8. The van der Waals surface area contributed by atoms with E-state index in [-0.39, 0.29) is 69.7 Å². The minimum absolute atomic E-state index is 0. The molecule has 0 saturated heterocycles. The summed E-state index contributed by atoms with van der Waals surface area (Å²) in [6.45, 7) is 3.17. The van der Waals surface area contributed by atoms with Gasteiger partial charge in [-0.1, -0.05) is 35.3 Å². The van der Waals surface area contributed by atoms with Crippen molar-refractivity contribution in [3.63, 3.8) is 0 Å². The molecule has 26 heteroatoms. The van der Waals surface area contributed by atoms with E-state index in [9.17, 15) is 46.2 Å². The number of aryl methyl sites for hydroxylation is 2. The van der Waals surface area contributed by atoms with Gasteiger partial charge in [0.15, 0.2) is 11.4 Å². The van der Waals surface area contributed by atoms with Crippen molar-refractivity contribution in [1.29, 1.82) is 0 Å². The number of hydrogen-bond donors (Lipinski definition) is 4. The molecule has 6 rings (SSSR count). The first-order valence-electron chi connectivity index (χ1n) is 15.9. The molecule has 0 spiro atoms. The van der Waals surface area contributed by atoms with Crippen LogP contribution in [-0.2, 0) is 37.4 Å². The van der Waals surface area contributed by atoms with Gasteiger partial charge in [0.2, 0.25) is 20.0 Å². The fourth-order valence-corrected chi connectivity index (χ4v) is 6.45. The predicted molar refractivity (Wildman–Crippen MR) is 205 cm³/mol. The number of azo groups is 2. The van der Waals surface area contributed by atoms with Crippen molar-refractivity contribution in [2.75, 3.05) is 0 Å². The van der Waals surface area contributed by atoms with E-state index < -0.39 is 64.0 Å². The van der Waals surface area contributed by atoms with Crippen LogP contribution in [0.3, 0.4) is 0 Å². The largest absolute Gasteiger partial charge is 3.00 e. The normalized spacial score (nSPS) is 11.4. The third kappa shape index (κ3) is 11.6. The predicted octanol–water partition coefficient (Wildman–Crippen LogP) is 0.109. The van der Waals surface area contributed by atoms with Crippen molar-refractivity contribution in [3.8, 4) is 11.4 Å². The Balaban J connectivity index is 0.000000310. The molecular weight excluding hydrogens is 918 g/mol. The van der Waals surface area contributed by atoms with Gasteiger partial charge in [-0.2, -0.15) is 0 Å². The molecule has 6 N–H and O–H groups in total. The standard InChI is InChI=1S/2C17H14ClN5O5S.Cr.Na/c2*1-9-15(16(24)23(22-9)11-4-2-3-10(18)7-11)21-20-14-6-5-12(29(19,27)28)8-13(14)17(25)26;;/h2*2-8,22H,1H3,(H,25,26)(H2,19,27,28);;/q;;+3;+1/p-2. The minimum Gasteiger partial charge on any atom is -0.545 e. The van der Waals surface area contributed by atoms with Crippen LogP contribution in [0.15, 0.2) is 125 Å². The number of carbonyl (C=O) groups excluding carboxylic acids is 2. The Morgan fingerprint density at radius 3 is 1.27 bits per heavy atom. The third-order valence-corrected chi connectivity index (χ3v) is 10.1. The molecule has 20 nitrogen and oxygen atoms in total. The van der Waals surface area contributed by atoms with Crippen LogP contribution in [0.2, 0.25) is 10.0 Å². The summed E-state index contributed by atoms with van der Waals surface area (Å²) < 4.78 is 48.0. The van der Waals surface area contributed by atoms with E-state index in [1.165, 1.54) is 9.36 Å². The monoisotopic (exact) mass is 943 g/mol. The van der Waals surface area contributed by atoms with E-state index in [1.807, 2.05) is 0 Å². The van der Waals surface area contributed by atoms with Gasteiger partial charge in [0, 0.05) is 21.2 Å². The molecule has 0 fully saturated rings. The topological polar surface area (TPSA) is 326 Å². The SMILES string of the molecule is Cc1[nH]n(-c2cccc(Cl)c2)c(=O)c1N=Nc1ccc(S(N)(=O)=O)cc1C(=O)[O-].Cc1[nH]n(-c2cccc(Cl)c2)c(=O)c1N=Nc1ccc(S(N)(=O)=O)cc1C(=O)[O-].[Cr+3].[Na+]. The summed E-state index contributed by atoms with van der Waals surface area (Å²) in [6.07, 6.45) is 0. The van der Waals surface area contributed by atoms with Crippen LogP contribution in [0.25, 0.3) is 11.4 Å². The Bertz CT molecular complexity index is 2840. The van der Waals surface area contributed by atoms with Crippen LogP contribution in [0.5, 0.6) is 0 Å². The summed E-state index contributed by atoms with van der Waals surface area (Å²) in [4.78, 5) is 47.1. The number of aromatic amines is 2. The Morgan fingerprint density at radius 1 is 0.617 bits per heavy atom. The number of nitrogens with one attached hydrogen (secondary N) is 2. The van der Waals surface area contributed by atoms with Crippen molar-refractivity contribution in [2.24, 2.45) is 30.7 Å². The zero-order valence-electron chi connectivity index (χ0n) is 31.0. The zero-order chi connectivity index (χ0) is 42.7. The molecule has 0 saturated carbocycles. The molecule has 60 heavy (non-hydrogen) atoms. The molecular formula is C34H26Cl2CrN10NaO10S2+2. The summed E-state index contributed by atoms with van der Waals surface area (Å²) in [5.74, 6) is -3.35. The van der Waals surface area contributed by atoms with Gasteiger partial charge in [0.05, 0.1) is 55.9 Å². The zero-order valence-corrected chi connectivity index (χ0v) is 37.4. The minimum atomic E-state index is -4.12. The van der Waals surface area contributed by atoms with Crippen LogP contribution >= 0.6 is 23.2 Å². The smallest absolute Gasteiger partial charge is 0.545 e. The van der Waals surface area contributed by atoms with Crippen LogP contribution in [0.1, 0.15) is 32.1 Å². The number of halogens is 2. The maximum Gasteiger partial charge on any atom is 3.00 e. The molecule has 0 bridgehead atoms.